The van der Waals surface area contributed by atoms with Gasteiger partial charge in [0.15, 0.2) is 5.16 Å². The smallest absolute Gasteiger partial charge is 0.348 e. The number of carbonyl (C=O) groups is 1. The standard InChI is InChI=1S/C10H7FIN3O3S/c11-5-1-2-7(6(12)3-5)15-9(18)13-14-10(15)19-4-8(16)17/h1-3H,4H2,(H,13,18)(H,16,17). The molecule has 0 spiro atoms. The van der Waals surface area contributed by atoms with Crippen LogP contribution in [0.2, 0.25) is 0 Å². The van der Waals surface area contributed by atoms with Crippen molar-refractivity contribution in [1.29, 1.82) is 0 Å². The monoisotopic (exact) mass is 395 g/mol. The van der Waals surface area contributed by atoms with E-state index in [1.807, 2.05) is 22.6 Å². The minimum Gasteiger partial charge on any atom is -0.481 e. The van der Waals surface area contributed by atoms with E-state index in [1.165, 1.54) is 22.8 Å². The number of carboxylic acid groups (broad SMARTS) is 1. The minimum absolute atomic E-state index is 0.219. The molecular formula is C10H7FIN3O3S. The van der Waals surface area contributed by atoms with E-state index in [0.717, 1.165) is 11.8 Å². The summed E-state index contributed by atoms with van der Waals surface area (Å²) in [6.07, 6.45) is 0. The minimum atomic E-state index is -1.01. The average molecular weight is 395 g/mol. The number of aromatic amines is 1. The van der Waals surface area contributed by atoms with Crippen molar-refractivity contribution in [1.82, 2.24) is 14.8 Å². The Labute approximate surface area is 124 Å². The molecule has 0 bridgehead atoms. The van der Waals surface area contributed by atoms with Crippen molar-refractivity contribution >= 4 is 40.3 Å². The van der Waals surface area contributed by atoms with Gasteiger partial charge in [-0.3, -0.25) is 4.79 Å². The predicted molar refractivity (Wildman–Crippen MR) is 75.2 cm³/mol. The van der Waals surface area contributed by atoms with Crippen LogP contribution in [0.5, 0.6) is 0 Å². The molecule has 0 aliphatic carbocycles. The van der Waals surface area contributed by atoms with E-state index in [4.69, 9.17) is 5.11 Å². The molecule has 0 atom stereocenters. The van der Waals surface area contributed by atoms with Crippen LogP contribution in [0.3, 0.4) is 0 Å². The van der Waals surface area contributed by atoms with Gasteiger partial charge >= 0.3 is 11.7 Å². The van der Waals surface area contributed by atoms with Crippen molar-refractivity contribution in [3.8, 4) is 5.69 Å². The molecule has 1 aromatic heterocycles. The fourth-order valence-electron chi connectivity index (χ4n) is 1.38. The third kappa shape index (κ3) is 3.15. The van der Waals surface area contributed by atoms with E-state index in [1.54, 1.807) is 0 Å². The number of aliphatic carboxylic acids is 1. The predicted octanol–water partition coefficient (Wildman–Crippen LogP) is 1.48. The molecule has 0 fully saturated rings. The number of carboxylic acids is 1. The zero-order chi connectivity index (χ0) is 14.0. The third-order valence-electron chi connectivity index (χ3n) is 2.12. The third-order valence-corrected chi connectivity index (χ3v) is 3.90. The molecule has 2 rings (SSSR count). The zero-order valence-corrected chi connectivity index (χ0v) is 12.2. The van der Waals surface area contributed by atoms with Gasteiger partial charge in [0.25, 0.3) is 0 Å². The van der Waals surface area contributed by atoms with Crippen molar-refractivity contribution in [2.45, 2.75) is 5.16 Å². The molecule has 0 saturated heterocycles. The summed E-state index contributed by atoms with van der Waals surface area (Å²) in [6, 6.07) is 3.95. The summed E-state index contributed by atoms with van der Waals surface area (Å²) in [6.45, 7) is 0. The number of aromatic nitrogens is 3. The molecule has 19 heavy (non-hydrogen) atoms. The van der Waals surface area contributed by atoms with Gasteiger partial charge in [0.1, 0.15) is 5.82 Å². The first kappa shape index (κ1) is 14.1. The molecule has 0 amide bonds. The summed E-state index contributed by atoms with van der Waals surface area (Å²) in [5, 5.41) is 14.9. The van der Waals surface area contributed by atoms with Gasteiger partial charge in [-0.1, -0.05) is 11.8 Å². The normalized spacial score (nSPS) is 10.6. The molecule has 1 heterocycles. The van der Waals surface area contributed by atoms with Crippen LogP contribution in [0.1, 0.15) is 0 Å². The number of nitrogens with one attached hydrogen (secondary N) is 1. The number of benzene rings is 1. The summed E-state index contributed by atoms with van der Waals surface area (Å²) in [5.74, 6) is -1.65. The second-order valence-corrected chi connectivity index (χ2v) is 5.53. The summed E-state index contributed by atoms with van der Waals surface area (Å²) >= 11 is 2.80. The average Bonchev–Trinajstić information content (AvgIpc) is 2.68. The summed E-state index contributed by atoms with van der Waals surface area (Å²) in [4.78, 5) is 22.3. The molecule has 0 saturated carbocycles. The van der Waals surface area contributed by atoms with Crippen LogP contribution in [0.15, 0.2) is 28.2 Å². The highest BCUT2D eigenvalue weighted by Crippen LogP contribution is 2.22. The SMILES string of the molecule is O=C(O)CSc1n[nH]c(=O)n1-c1ccc(F)cc1I. The van der Waals surface area contributed by atoms with Crippen LogP contribution in [-0.2, 0) is 4.79 Å². The number of rotatable bonds is 4. The molecule has 2 N–H and O–H groups in total. The molecule has 1 aromatic carbocycles. The highest BCUT2D eigenvalue weighted by Gasteiger charge is 2.15. The molecule has 0 aliphatic rings. The van der Waals surface area contributed by atoms with Crippen molar-refractivity contribution in [2.75, 3.05) is 5.75 Å². The Kier molecular flexibility index (Phi) is 4.24. The Morgan fingerprint density at radius 2 is 2.32 bits per heavy atom. The number of hydrogen-bond acceptors (Lipinski definition) is 4. The lowest BCUT2D eigenvalue weighted by atomic mass is 10.3. The largest absolute Gasteiger partial charge is 0.481 e. The van der Waals surface area contributed by atoms with Crippen LogP contribution in [0.25, 0.3) is 5.69 Å². The van der Waals surface area contributed by atoms with Gasteiger partial charge in [0, 0.05) is 3.57 Å². The maximum Gasteiger partial charge on any atom is 0.348 e. The maximum absolute atomic E-state index is 13.0. The highest BCUT2D eigenvalue weighted by atomic mass is 127. The van der Waals surface area contributed by atoms with Crippen LogP contribution in [-0.4, -0.2) is 31.6 Å². The van der Waals surface area contributed by atoms with Crippen LogP contribution in [0.4, 0.5) is 4.39 Å². The van der Waals surface area contributed by atoms with Crippen molar-refractivity contribution in [2.24, 2.45) is 0 Å². The molecule has 100 valence electrons. The van der Waals surface area contributed by atoms with Crippen LogP contribution < -0.4 is 5.69 Å². The molecular weight excluding hydrogens is 388 g/mol. The lowest BCUT2D eigenvalue weighted by Gasteiger charge is -2.06. The molecule has 9 heteroatoms. The first-order valence-corrected chi connectivity index (χ1v) is 7.03. The second kappa shape index (κ2) is 5.74. The fourth-order valence-corrected chi connectivity index (χ4v) is 2.77. The number of H-pyrrole nitrogens is 1. The van der Waals surface area contributed by atoms with E-state index < -0.39 is 17.5 Å². The first-order chi connectivity index (χ1) is 8.99. The first-order valence-electron chi connectivity index (χ1n) is 4.96. The Morgan fingerprint density at radius 1 is 1.58 bits per heavy atom. The van der Waals surface area contributed by atoms with Crippen LogP contribution in [0, 0.1) is 9.39 Å². The molecule has 6 nitrogen and oxygen atoms in total. The lowest BCUT2D eigenvalue weighted by Crippen LogP contribution is -2.17. The van der Waals surface area contributed by atoms with Crippen molar-refractivity contribution in [3.63, 3.8) is 0 Å². The molecule has 0 unspecified atom stereocenters. The van der Waals surface area contributed by atoms with Crippen LogP contribution >= 0.6 is 34.4 Å². The summed E-state index contributed by atoms with van der Waals surface area (Å²) in [5.41, 5.74) is -0.0500. The van der Waals surface area contributed by atoms with Gasteiger partial charge in [-0.25, -0.2) is 18.9 Å². The van der Waals surface area contributed by atoms with Gasteiger partial charge in [-0.05, 0) is 40.8 Å². The number of thioether (sulfide) groups is 1. The second-order valence-electron chi connectivity index (χ2n) is 3.42. The van der Waals surface area contributed by atoms with Crippen molar-refractivity contribution < 1.29 is 14.3 Å². The number of halogens is 2. The molecule has 0 radical (unpaired) electrons. The summed E-state index contributed by atoms with van der Waals surface area (Å²) < 4.78 is 14.8. The van der Waals surface area contributed by atoms with Gasteiger partial charge in [0.05, 0.1) is 11.4 Å². The lowest BCUT2D eigenvalue weighted by molar-refractivity contribution is -0.133. The Hall–Kier alpha value is -1.36. The highest BCUT2D eigenvalue weighted by molar-refractivity contribution is 14.1. The quantitative estimate of drug-likeness (QED) is 0.605. The molecule has 0 aliphatic heterocycles. The van der Waals surface area contributed by atoms with E-state index in [-0.39, 0.29) is 10.9 Å². The Morgan fingerprint density at radius 3 is 2.95 bits per heavy atom. The zero-order valence-electron chi connectivity index (χ0n) is 9.26. The van der Waals surface area contributed by atoms with E-state index in [9.17, 15) is 14.0 Å². The summed E-state index contributed by atoms with van der Waals surface area (Å²) in [7, 11) is 0. The van der Waals surface area contributed by atoms with E-state index >= 15 is 0 Å². The van der Waals surface area contributed by atoms with Gasteiger partial charge in [-0.15, -0.1) is 5.10 Å². The van der Waals surface area contributed by atoms with E-state index in [0.29, 0.717) is 9.26 Å². The molecule has 2 aromatic rings. The number of nitrogens with zero attached hydrogens (tertiary/aromatic N) is 2. The van der Waals surface area contributed by atoms with E-state index in [2.05, 4.69) is 10.2 Å². The van der Waals surface area contributed by atoms with Crippen molar-refractivity contribution in [3.05, 3.63) is 38.1 Å². The Bertz CT molecular complexity index is 685. The fraction of sp³-hybridized carbons (Fsp3) is 0.100. The van der Waals surface area contributed by atoms with Gasteiger partial charge in [-0.2, -0.15) is 0 Å². The Balaban J connectivity index is 2.46. The number of hydrogen-bond donors (Lipinski definition) is 2. The topological polar surface area (TPSA) is 88.0 Å². The maximum atomic E-state index is 13.0. The van der Waals surface area contributed by atoms with Gasteiger partial charge in [0.2, 0.25) is 0 Å². The van der Waals surface area contributed by atoms with Gasteiger partial charge < -0.3 is 5.11 Å².